The van der Waals surface area contributed by atoms with Gasteiger partial charge < -0.3 is 21.4 Å². The molecule has 1 saturated carbocycles. The van der Waals surface area contributed by atoms with Gasteiger partial charge in [0.25, 0.3) is 0 Å². The van der Waals surface area contributed by atoms with Gasteiger partial charge in [-0.15, -0.1) is 5.10 Å². The standard InChI is InChI=1S/C19H23N9O/c1-21-15-6-5-14(8-12(15)9-20)28-17-16(26-27-28)10-23-19(25-17)24-13-4-3-11(7-13)18(29)22-2/h5-6,8-11,13,20-21H,3-4,7H2,1-2H3,(H,22,29)(H,23,24,25). The van der Waals surface area contributed by atoms with Gasteiger partial charge in [-0.25, -0.2) is 4.98 Å². The van der Waals surface area contributed by atoms with Crippen molar-refractivity contribution >= 4 is 34.9 Å². The molecule has 0 radical (unpaired) electrons. The molecule has 0 spiro atoms. The van der Waals surface area contributed by atoms with Gasteiger partial charge in [-0.05, 0) is 37.5 Å². The third-order valence-corrected chi connectivity index (χ3v) is 5.28. The second kappa shape index (κ2) is 7.82. The first-order valence-electron chi connectivity index (χ1n) is 9.52. The van der Waals surface area contributed by atoms with E-state index in [1.165, 1.54) is 6.21 Å². The van der Waals surface area contributed by atoms with Crippen LogP contribution >= 0.6 is 0 Å². The van der Waals surface area contributed by atoms with Crippen molar-refractivity contribution in [2.24, 2.45) is 5.92 Å². The number of rotatable bonds is 6. The molecule has 0 aliphatic heterocycles. The topological polar surface area (TPSA) is 134 Å². The van der Waals surface area contributed by atoms with Crippen LogP contribution in [0.1, 0.15) is 24.8 Å². The summed E-state index contributed by atoms with van der Waals surface area (Å²) >= 11 is 0. The van der Waals surface area contributed by atoms with E-state index in [-0.39, 0.29) is 17.9 Å². The van der Waals surface area contributed by atoms with Gasteiger partial charge in [-0.3, -0.25) is 4.79 Å². The van der Waals surface area contributed by atoms with Gasteiger partial charge in [0.1, 0.15) is 0 Å². The summed E-state index contributed by atoms with van der Waals surface area (Å²) in [6.07, 6.45) is 5.43. The molecule has 1 amide bonds. The van der Waals surface area contributed by atoms with Crippen LogP contribution in [-0.2, 0) is 4.79 Å². The molecule has 2 atom stereocenters. The van der Waals surface area contributed by atoms with E-state index < -0.39 is 0 Å². The molecule has 2 aromatic heterocycles. The molecular weight excluding hydrogens is 370 g/mol. The number of carbonyl (C=O) groups is 1. The molecular formula is C19H23N9O. The smallest absolute Gasteiger partial charge is 0.225 e. The van der Waals surface area contributed by atoms with E-state index in [2.05, 4.69) is 36.2 Å². The first-order valence-corrected chi connectivity index (χ1v) is 9.52. The fraction of sp³-hybridized carbons (Fsp3) is 0.368. The first-order chi connectivity index (χ1) is 14.1. The highest BCUT2D eigenvalue weighted by Gasteiger charge is 2.29. The number of aromatic nitrogens is 5. The molecule has 10 nitrogen and oxygen atoms in total. The van der Waals surface area contributed by atoms with Crippen LogP contribution in [0.3, 0.4) is 0 Å². The summed E-state index contributed by atoms with van der Waals surface area (Å²) in [6, 6.07) is 5.79. The van der Waals surface area contributed by atoms with Crippen molar-refractivity contribution in [1.82, 2.24) is 30.3 Å². The van der Waals surface area contributed by atoms with E-state index in [9.17, 15) is 4.79 Å². The molecule has 29 heavy (non-hydrogen) atoms. The average molecular weight is 393 g/mol. The fourth-order valence-electron chi connectivity index (χ4n) is 3.74. The summed E-state index contributed by atoms with van der Waals surface area (Å²) < 4.78 is 1.64. The Morgan fingerprint density at radius 3 is 2.93 bits per heavy atom. The van der Waals surface area contributed by atoms with Gasteiger partial charge in [0.15, 0.2) is 11.2 Å². The van der Waals surface area contributed by atoms with Crippen molar-refractivity contribution in [2.75, 3.05) is 24.7 Å². The SMILES string of the molecule is CNC(=O)C1CCC(Nc2ncc3nnn(-c4ccc(NC)c(C=N)c4)c3n2)C1. The van der Waals surface area contributed by atoms with Gasteiger partial charge >= 0.3 is 0 Å². The van der Waals surface area contributed by atoms with Crippen molar-refractivity contribution in [2.45, 2.75) is 25.3 Å². The summed E-state index contributed by atoms with van der Waals surface area (Å²) in [7, 11) is 3.48. The van der Waals surface area contributed by atoms with E-state index in [0.717, 1.165) is 36.2 Å². The molecule has 1 fully saturated rings. The molecule has 0 bridgehead atoms. The minimum Gasteiger partial charge on any atom is -0.388 e. The minimum atomic E-state index is 0.0265. The van der Waals surface area contributed by atoms with Crippen LogP contribution in [0.5, 0.6) is 0 Å². The maximum Gasteiger partial charge on any atom is 0.225 e. The molecule has 4 rings (SSSR count). The van der Waals surface area contributed by atoms with Crippen LogP contribution < -0.4 is 16.0 Å². The summed E-state index contributed by atoms with van der Waals surface area (Å²) in [6.45, 7) is 0. The lowest BCUT2D eigenvalue weighted by molar-refractivity contribution is -0.124. The third-order valence-electron chi connectivity index (χ3n) is 5.28. The van der Waals surface area contributed by atoms with Crippen LogP contribution in [0.25, 0.3) is 16.9 Å². The Kier molecular flexibility index (Phi) is 5.07. The number of hydrogen-bond acceptors (Lipinski definition) is 8. The molecule has 2 unspecified atom stereocenters. The van der Waals surface area contributed by atoms with Crippen LogP contribution in [0.4, 0.5) is 11.6 Å². The van der Waals surface area contributed by atoms with Gasteiger partial charge in [0.05, 0.1) is 11.9 Å². The zero-order chi connectivity index (χ0) is 20.4. The predicted molar refractivity (Wildman–Crippen MR) is 111 cm³/mol. The highest BCUT2D eigenvalue weighted by molar-refractivity contribution is 5.87. The lowest BCUT2D eigenvalue weighted by Crippen LogP contribution is -2.27. The number of fused-ring (bicyclic) bond motifs is 1. The number of hydrogen-bond donors (Lipinski definition) is 4. The molecule has 1 aromatic carbocycles. The number of carbonyl (C=O) groups excluding carboxylic acids is 1. The van der Waals surface area contributed by atoms with Crippen molar-refractivity contribution in [3.8, 4) is 5.69 Å². The average Bonchev–Trinajstić information content (AvgIpc) is 3.39. The van der Waals surface area contributed by atoms with Gasteiger partial charge in [0.2, 0.25) is 11.9 Å². The van der Waals surface area contributed by atoms with Crippen molar-refractivity contribution < 1.29 is 4.79 Å². The van der Waals surface area contributed by atoms with Crippen LogP contribution in [0.15, 0.2) is 24.4 Å². The zero-order valence-corrected chi connectivity index (χ0v) is 16.3. The Balaban J connectivity index is 1.60. The summed E-state index contributed by atoms with van der Waals surface area (Å²) in [5.41, 5.74) is 3.52. The third kappa shape index (κ3) is 3.60. The Morgan fingerprint density at radius 1 is 1.31 bits per heavy atom. The van der Waals surface area contributed by atoms with Gasteiger partial charge in [-0.1, -0.05) is 5.21 Å². The second-order valence-electron chi connectivity index (χ2n) is 7.04. The minimum absolute atomic E-state index is 0.0265. The van der Waals surface area contributed by atoms with E-state index >= 15 is 0 Å². The molecule has 1 aliphatic rings. The maximum atomic E-state index is 11.8. The monoisotopic (exact) mass is 393 g/mol. The lowest BCUT2D eigenvalue weighted by atomic mass is 10.1. The molecule has 150 valence electrons. The maximum absolute atomic E-state index is 11.8. The van der Waals surface area contributed by atoms with Gasteiger partial charge in [0, 0.05) is 43.5 Å². The van der Waals surface area contributed by atoms with Crippen molar-refractivity contribution in [3.63, 3.8) is 0 Å². The summed E-state index contributed by atoms with van der Waals surface area (Å²) in [5, 5.41) is 25.1. The quantitative estimate of drug-likeness (QED) is 0.467. The van der Waals surface area contributed by atoms with Crippen LogP contribution in [0.2, 0.25) is 0 Å². The number of benzene rings is 1. The Bertz CT molecular complexity index is 1060. The highest BCUT2D eigenvalue weighted by atomic mass is 16.1. The molecule has 0 saturated heterocycles. The Morgan fingerprint density at radius 2 is 2.17 bits per heavy atom. The Hall–Kier alpha value is -3.56. The summed E-state index contributed by atoms with van der Waals surface area (Å²) in [5.74, 6) is 0.598. The van der Waals surface area contributed by atoms with E-state index in [1.54, 1.807) is 17.9 Å². The summed E-state index contributed by atoms with van der Waals surface area (Å²) in [4.78, 5) is 20.8. The van der Waals surface area contributed by atoms with Crippen LogP contribution in [-0.4, -0.2) is 57.2 Å². The van der Waals surface area contributed by atoms with E-state index in [1.807, 2.05) is 25.2 Å². The first kappa shape index (κ1) is 18.8. The number of nitrogens with one attached hydrogen (secondary N) is 4. The molecule has 10 heteroatoms. The zero-order valence-electron chi connectivity index (χ0n) is 16.3. The normalized spacial score (nSPS) is 18.6. The molecule has 4 N–H and O–H groups in total. The molecule has 3 aromatic rings. The number of nitrogens with zero attached hydrogens (tertiary/aromatic N) is 5. The van der Waals surface area contributed by atoms with Crippen molar-refractivity contribution in [1.29, 1.82) is 5.41 Å². The second-order valence-corrected chi connectivity index (χ2v) is 7.04. The largest absolute Gasteiger partial charge is 0.388 e. The van der Waals surface area contributed by atoms with Gasteiger partial charge in [-0.2, -0.15) is 9.67 Å². The van der Waals surface area contributed by atoms with Crippen LogP contribution in [0, 0.1) is 11.3 Å². The lowest BCUT2D eigenvalue weighted by Gasteiger charge is -2.13. The predicted octanol–water partition coefficient (Wildman–Crippen LogP) is 1.58. The number of amides is 1. The Labute approximate surface area is 167 Å². The highest BCUT2D eigenvalue weighted by Crippen LogP contribution is 2.28. The van der Waals surface area contributed by atoms with Crippen molar-refractivity contribution in [3.05, 3.63) is 30.0 Å². The fourth-order valence-corrected chi connectivity index (χ4v) is 3.74. The van der Waals surface area contributed by atoms with E-state index in [0.29, 0.717) is 17.1 Å². The number of anilines is 2. The molecule has 1 aliphatic carbocycles. The molecule has 2 heterocycles. The van der Waals surface area contributed by atoms with E-state index in [4.69, 9.17) is 5.41 Å².